The number of hydrogen-bond acceptors (Lipinski definition) is 2. The van der Waals surface area contributed by atoms with Crippen LogP contribution < -0.4 is 5.32 Å². The van der Waals surface area contributed by atoms with E-state index in [1.165, 1.54) is 6.07 Å². The van der Waals surface area contributed by atoms with E-state index in [0.717, 1.165) is 25.0 Å². The Labute approximate surface area is 124 Å². The van der Waals surface area contributed by atoms with E-state index in [4.69, 9.17) is 11.6 Å². The van der Waals surface area contributed by atoms with Crippen molar-refractivity contribution in [3.05, 3.63) is 40.3 Å². The molecule has 0 aromatic heterocycles. The number of rotatable bonds is 5. The smallest absolute Gasteiger partial charge is 0.168 e. The van der Waals surface area contributed by atoms with E-state index in [2.05, 4.69) is 12.2 Å². The summed E-state index contributed by atoms with van der Waals surface area (Å²) in [6.45, 7) is 2.11. The van der Waals surface area contributed by atoms with Gasteiger partial charge < -0.3 is 5.32 Å². The normalized spacial score (nSPS) is 18.8. The second-order valence-electron chi connectivity index (χ2n) is 5.11. The molecule has 0 amide bonds. The minimum atomic E-state index is -0.489. The predicted molar refractivity (Wildman–Crippen MR) is 80.0 cm³/mol. The van der Waals surface area contributed by atoms with Gasteiger partial charge in [-0.3, -0.25) is 4.79 Å². The van der Waals surface area contributed by atoms with E-state index in [-0.39, 0.29) is 16.7 Å². The highest BCUT2D eigenvalue weighted by Gasteiger charge is 2.34. The third-order valence-electron chi connectivity index (χ3n) is 3.80. The summed E-state index contributed by atoms with van der Waals surface area (Å²) in [5.74, 6) is -0.418. The second kappa shape index (κ2) is 6.40. The average molecular weight is 296 g/mol. The van der Waals surface area contributed by atoms with Crippen LogP contribution in [0.1, 0.15) is 38.2 Å². The summed E-state index contributed by atoms with van der Waals surface area (Å²) in [5, 5.41) is 3.10. The molecular formula is C16H19ClFNO. The molecule has 20 heavy (non-hydrogen) atoms. The molecule has 4 heteroatoms. The number of allylic oxidation sites excluding steroid dienone is 2. The molecule has 1 atom stereocenters. The Morgan fingerprint density at radius 2 is 2.20 bits per heavy atom. The minimum absolute atomic E-state index is 0.00765. The molecule has 0 fully saturated rings. The lowest BCUT2D eigenvalue weighted by Gasteiger charge is -2.09. The first kappa shape index (κ1) is 15.0. The number of carbonyl (C=O) groups is 1. The van der Waals surface area contributed by atoms with Crippen molar-refractivity contribution in [2.45, 2.75) is 32.6 Å². The SMILES string of the molecule is CCCCC1CC(NC)=C(c2cccc(F)c2Cl)C1=O. The first-order valence-electron chi connectivity index (χ1n) is 6.99. The lowest BCUT2D eigenvalue weighted by molar-refractivity contribution is -0.116. The number of ketones is 1. The molecule has 1 aromatic carbocycles. The maximum absolute atomic E-state index is 13.6. The highest BCUT2D eigenvalue weighted by atomic mass is 35.5. The standard InChI is InChI=1S/C16H19ClFNO/c1-3-4-6-10-9-13(19-2)14(16(10)20)11-7-5-8-12(18)15(11)17/h5,7-8,10,19H,3-4,6,9H2,1-2H3. The van der Waals surface area contributed by atoms with E-state index in [9.17, 15) is 9.18 Å². The number of nitrogens with one attached hydrogen (secondary N) is 1. The first-order chi connectivity index (χ1) is 9.60. The van der Waals surface area contributed by atoms with E-state index >= 15 is 0 Å². The monoisotopic (exact) mass is 295 g/mol. The van der Waals surface area contributed by atoms with Gasteiger partial charge in [0.15, 0.2) is 5.78 Å². The summed E-state index contributed by atoms with van der Waals surface area (Å²) in [6, 6.07) is 4.60. The summed E-state index contributed by atoms with van der Waals surface area (Å²) in [5.41, 5.74) is 1.92. The quantitative estimate of drug-likeness (QED) is 0.882. The highest BCUT2D eigenvalue weighted by molar-refractivity contribution is 6.36. The number of Topliss-reactive ketones (excluding diaryl/α,β-unsaturated/α-hetero) is 1. The largest absolute Gasteiger partial charge is 0.391 e. The molecule has 0 saturated carbocycles. The first-order valence-corrected chi connectivity index (χ1v) is 7.37. The third kappa shape index (κ3) is 2.73. The Morgan fingerprint density at radius 3 is 2.85 bits per heavy atom. The Balaban J connectivity index is 2.37. The van der Waals surface area contributed by atoms with Crippen LogP contribution in [0.15, 0.2) is 23.9 Å². The van der Waals surface area contributed by atoms with Gasteiger partial charge in [-0.15, -0.1) is 0 Å². The van der Waals surface area contributed by atoms with Crippen molar-refractivity contribution in [2.75, 3.05) is 7.05 Å². The molecule has 1 unspecified atom stereocenters. The van der Waals surface area contributed by atoms with E-state index < -0.39 is 5.82 Å². The lowest BCUT2D eigenvalue weighted by Crippen LogP contribution is -2.10. The molecule has 108 valence electrons. The fourth-order valence-electron chi connectivity index (χ4n) is 2.70. The molecule has 1 aliphatic rings. The second-order valence-corrected chi connectivity index (χ2v) is 5.49. The molecule has 1 N–H and O–H groups in total. The predicted octanol–water partition coefficient (Wildman–Crippen LogP) is 4.19. The summed E-state index contributed by atoms with van der Waals surface area (Å²) in [7, 11) is 1.79. The maximum atomic E-state index is 13.6. The van der Waals surface area contributed by atoms with Crippen LogP contribution in [-0.2, 0) is 4.79 Å². The zero-order valence-electron chi connectivity index (χ0n) is 11.8. The van der Waals surface area contributed by atoms with Gasteiger partial charge >= 0.3 is 0 Å². The Morgan fingerprint density at radius 1 is 1.45 bits per heavy atom. The van der Waals surface area contributed by atoms with Gasteiger partial charge in [-0.05, 0) is 18.9 Å². The molecule has 2 rings (SSSR count). The van der Waals surface area contributed by atoms with Gasteiger partial charge in [0.1, 0.15) is 5.82 Å². The van der Waals surface area contributed by atoms with Crippen molar-refractivity contribution in [2.24, 2.45) is 5.92 Å². The summed E-state index contributed by atoms with van der Waals surface area (Å²) in [6.07, 6.45) is 3.65. The number of hydrogen-bond donors (Lipinski definition) is 1. The molecule has 0 aliphatic heterocycles. The van der Waals surface area contributed by atoms with Crippen molar-refractivity contribution in [1.82, 2.24) is 5.32 Å². The molecule has 0 heterocycles. The topological polar surface area (TPSA) is 29.1 Å². The van der Waals surface area contributed by atoms with Crippen LogP contribution in [0.4, 0.5) is 4.39 Å². The van der Waals surface area contributed by atoms with Gasteiger partial charge in [0.25, 0.3) is 0 Å². The van der Waals surface area contributed by atoms with Crippen molar-refractivity contribution in [1.29, 1.82) is 0 Å². The molecule has 2 nitrogen and oxygen atoms in total. The minimum Gasteiger partial charge on any atom is -0.391 e. The van der Waals surface area contributed by atoms with Gasteiger partial charge in [0, 0.05) is 29.8 Å². The maximum Gasteiger partial charge on any atom is 0.168 e. The summed E-state index contributed by atoms with van der Waals surface area (Å²) < 4.78 is 13.6. The van der Waals surface area contributed by atoms with Gasteiger partial charge in [-0.1, -0.05) is 43.5 Å². The van der Waals surface area contributed by atoms with Crippen LogP contribution in [0.2, 0.25) is 5.02 Å². The Bertz CT molecular complexity index is 553. The van der Waals surface area contributed by atoms with Gasteiger partial charge in [-0.25, -0.2) is 4.39 Å². The van der Waals surface area contributed by atoms with Crippen molar-refractivity contribution >= 4 is 23.0 Å². The van der Waals surface area contributed by atoms with Crippen molar-refractivity contribution < 1.29 is 9.18 Å². The highest BCUT2D eigenvalue weighted by Crippen LogP contribution is 2.39. The van der Waals surface area contributed by atoms with E-state index in [1.807, 2.05) is 0 Å². The van der Waals surface area contributed by atoms with Gasteiger partial charge in [-0.2, -0.15) is 0 Å². The number of carbonyl (C=O) groups excluding carboxylic acids is 1. The molecule has 0 spiro atoms. The van der Waals surface area contributed by atoms with E-state index in [1.54, 1.807) is 19.2 Å². The van der Waals surface area contributed by atoms with Crippen LogP contribution in [0, 0.1) is 11.7 Å². The lowest BCUT2D eigenvalue weighted by atomic mass is 9.95. The molecule has 0 radical (unpaired) electrons. The average Bonchev–Trinajstić information content (AvgIpc) is 2.76. The van der Waals surface area contributed by atoms with Gasteiger partial charge in [0.05, 0.1) is 5.02 Å². The number of halogens is 2. The molecule has 1 aliphatic carbocycles. The number of unbranched alkanes of at least 4 members (excludes halogenated alkanes) is 1. The van der Waals surface area contributed by atoms with Crippen LogP contribution >= 0.6 is 11.6 Å². The summed E-state index contributed by atoms with van der Waals surface area (Å²) in [4.78, 5) is 12.6. The van der Waals surface area contributed by atoms with Gasteiger partial charge in [0.2, 0.25) is 0 Å². The van der Waals surface area contributed by atoms with Crippen molar-refractivity contribution in [3.8, 4) is 0 Å². The fraction of sp³-hybridized carbons (Fsp3) is 0.438. The van der Waals surface area contributed by atoms with Crippen LogP contribution in [-0.4, -0.2) is 12.8 Å². The summed E-state index contributed by atoms with van der Waals surface area (Å²) >= 11 is 6.02. The Kier molecular flexibility index (Phi) is 4.81. The Hall–Kier alpha value is -1.35. The third-order valence-corrected chi connectivity index (χ3v) is 4.18. The zero-order valence-corrected chi connectivity index (χ0v) is 12.6. The van der Waals surface area contributed by atoms with Crippen LogP contribution in [0.25, 0.3) is 5.57 Å². The zero-order chi connectivity index (χ0) is 14.7. The molecule has 0 bridgehead atoms. The fourth-order valence-corrected chi connectivity index (χ4v) is 2.92. The molecular weight excluding hydrogens is 277 g/mol. The number of benzene rings is 1. The van der Waals surface area contributed by atoms with Crippen molar-refractivity contribution in [3.63, 3.8) is 0 Å². The van der Waals surface area contributed by atoms with Crippen LogP contribution in [0.3, 0.4) is 0 Å². The van der Waals surface area contributed by atoms with Crippen LogP contribution in [0.5, 0.6) is 0 Å². The molecule has 1 aromatic rings. The van der Waals surface area contributed by atoms with E-state index in [0.29, 0.717) is 17.6 Å². The molecule has 0 saturated heterocycles.